The van der Waals surface area contributed by atoms with Crippen molar-refractivity contribution in [3.05, 3.63) is 78.0 Å². The maximum absolute atomic E-state index is 12.4. The Labute approximate surface area is 146 Å². The van der Waals surface area contributed by atoms with Gasteiger partial charge < -0.3 is 10.2 Å². The maximum Gasteiger partial charge on any atom is 0.253 e. The lowest BCUT2D eigenvalue weighted by Gasteiger charge is -2.17. The zero-order valence-corrected chi connectivity index (χ0v) is 14.0. The van der Waals surface area contributed by atoms with Crippen LogP contribution >= 0.6 is 0 Å². The number of pyridine rings is 1. The van der Waals surface area contributed by atoms with Gasteiger partial charge in [-0.3, -0.25) is 14.6 Å². The number of fused-ring (bicyclic) bond motifs is 1. The van der Waals surface area contributed by atoms with Crippen molar-refractivity contribution in [2.24, 2.45) is 0 Å². The molecule has 1 N–H and O–H groups in total. The van der Waals surface area contributed by atoms with Crippen LogP contribution in [0.1, 0.15) is 15.9 Å². The van der Waals surface area contributed by atoms with E-state index in [1.54, 1.807) is 24.2 Å². The highest BCUT2D eigenvalue weighted by molar-refractivity contribution is 6.06. The van der Waals surface area contributed by atoms with E-state index < -0.39 is 0 Å². The monoisotopic (exact) mass is 333 g/mol. The van der Waals surface area contributed by atoms with Crippen molar-refractivity contribution in [3.8, 4) is 0 Å². The molecule has 0 unspecified atom stereocenters. The third-order valence-electron chi connectivity index (χ3n) is 3.97. The second-order valence-electron chi connectivity index (χ2n) is 5.80. The Morgan fingerprint density at radius 1 is 1.00 bits per heavy atom. The summed E-state index contributed by atoms with van der Waals surface area (Å²) < 4.78 is 0. The average molecular weight is 333 g/mol. The number of aromatic nitrogens is 1. The molecule has 0 saturated carbocycles. The van der Waals surface area contributed by atoms with Crippen LogP contribution in [0.2, 0.25) is 0 Å². The van der Waals surface area contributed by atoms with Crippen molar-refractivity contribution < 1.29 is 9.59 Å². The summed E-state index contributed by atoms with van der Waals surface area (Å²) in [5, 5.41) is 3.58. The SMILES string of the molecule is CN(Cc1ccccc1)C(=O)CNC(=O)c1cccc2cccnc12. The Kier molecular flexibility index (Phi) is 5.04. The first-order valence-electron chi connectivity index (χ1n) is 8.05. The summed E-state index contributed by atoms with van der Waals surface area (Å²) in [7, 11) is 1.72. The number of hydrogen-bond acceptors (Lipinski definition) is 3. The fraction of sp³-hybridized carbons (Fsp3) is 0.150. The third-order valence-corrected chi connectivity index (χ3v) is 3.97. The molecule has 5 heteroatoms. The molecule has 2 aromatic carbocycles. The van der Waals surface area contributed by atoms with Gasteiger partial charge >= 0.3 is 0 Å². The lowest BCUT2D eigenvalue weighted by Crippen LogP contribution is -2.37. The second kappa shape index (κ2) is 7.57. The number of carbonyl (C=O) groups excluding carboxylic acids is 2. The summed E-state index contributed by atoms with van der Waals surface area (Å²) in [6, 6.07) is 18.9. The van der Waals surface area contributed by atoms with Crippen LogP contribution in [0.15, 0.2) is 66.9 Å². The topological polar surface area (TPSA) is 62.3 Å². The summed E-state index contributed by atoms with van der Waals surface area (Å²) in [5.74, 6) is -0.448. The molecule has 0 fully saturated rings. The molecule has 3 rings (SSSR count). The molecule has 0 saturated heterocycles. The van der Waals surface area contributed by atoms with Crippen LogP contribution in [0, 0.1) is 0 Å². The van der Waals surface area contributed by atoms with Crippen molar-refractivity contribution >= 4 is 22.7 Å². The molecule has 3 aromatic rings. The number of amides is 2. The van der Waals surface area contributed by atoms with Gasteiger partial charge in [0.15, 0.2) is 0 Å². The average Bonchev–Trinajstić information content (AvgIpc) is 2.66. The molecule has 0 radical (unpaired) electrons. The smallest absolute Gasteiger partial charge is 0.253 e. The second-order valence-corrected chi connectivity index (χ2v) is 5.80. The van der Waals surface area contributed by atoms with Crippen LogP contribution in [-0.2, 0) is 11.3 Å². The van der Waals surface area contributed by atoms with Gasteiger partial charge in [-0.15, -0.1) is 0 Å². The Balaban J connectivity index is 1.62. The Bertz CT molecular complexity index is 888. The molecular formula is C20H19N3O2. The molecule has 0 aliphatic carbocycles. The Morgan fingerprint density at radius 2 is 1.76 bits per heavy atom. The third kappa shape index (κ3) is 4.01. The van der Waals surface area contributed by atoms with Gasteiger partial charge in [-0.05, 0) is 17.7 Å². The van der Waals surface area contributed by atoms with Crippen molar-refractivity contribution in [1.29, 1.82) is 0 Å². The van der Waals surface area contributed by atoms with Crippen LogP contribution in [-0.4, -0.2) is 35.3 Å². The fourth-order valence-electron chi connectivity index (χ4n) is 2.62. The van der Waals surface area contributed by atoms with Crippen LogP contribution in [0.5, 0.6) is 0 Å². The maximum atomic E-state index is 12.4. The molecule has 0 atom stereocenters. The van der Waals surface area contributed by atoms with Crippen molar-refractivity contribution in [3.63, 3.8) is 0 Å². The standard InChI is InChI=1S/C20H19N3O2/c1-23(14-15-7-3-2-4-8-15)18(24)13-22-20(25)17-11-5-9-16-10-6-12-21-19(16)17/h2-12H,13-14H2,1H3,(H,22,25). The Morgan fingerprint density at radius 3 is 2.56 bits per heavy atom. The minimum Gasteiger partial charge on any atom is -0.343 e. The van der Waals surface area contributed by atoms with E-state index in [1.807, 2.05) is 54.6 Å². The van der Waals surface area contributed by atoms with Gasteiger partial charge in [0.1, 0.15) is 0 Å². The normalized spacial score (nSPS) is 10.4. The molecule has 1 heterocycles. The number of benzene rings is 2. The van der Waals surface area contributed by atoms with E-state index >= 15 is 0 Å². The summed E-state index contributed by atoms with van der Waals surface area (Å²) in [6.07, 6.45) is 1.65. The highest BCUT2D eigenvalue weighted by atomic mass is 16.2. The fourth-order valence-corrected chi connectivity index (χ4v) is 2.62. The van der Waals surface area contributed by atoms with Crippen LogP contribution in [0.3, 0.4) is 0 Å². The van der Waals surface area contributed by atoms with E-state index in [-0.39, 0.29) is 18.4 Å². The predicted molar refractivity (Wildman–Crippen MR) is 97.0 cm³/mol. The van der Waals surface area contributed by atoms with E-state index in [0.717, 1.165) is 10.9 Å². The number of likely N-dealkylation sites (N-methyl/N-ethyl adjacent to an activating group) is 1. The molecule has 25 heavy (non-hydrogen) atoms. The number of nitrogens with one attached hydrogen (secondary N) is 1. The quantitative estimate of drug-likeness (QED) is 0.781. The molecule has 126 valence electrons. The van der Waals surface area contributed by atoms with Crippen LogP contribution in [0.4, 0.5) is 0 Å². The largest absolute Gasteiger partial charge is 0.343 e. The molecule has 5 nitrogen and oxygen atoms in total. The zero-order valence-electron chi connectivity index (χ0n) is 14.0. The summed E-state index contributed by atoms with van der Waals surface area (Å²) in [5.41, 5.74) is 2.15. The zero-order chi connectivity index (χ0) is 17.6. The summed E-state index contributed by atoms with van der Waals surface area (Å²) >= 11 is 0. The highest BCUT2D eigenvalue weighted by Gasteiger charge is 2.14. The van der Waals surface area contributed by atoms with E-state index in [9.17, 15) is 9.59 Å². The molecule has 0 aliphatic rings. The van der Waals surface area contributed by atoms with Gasteiger partial charge in [-0.1, -0.05) is 48.5 Å². The lowest BCUT2D eigenvalue weighted by atomic mass is 10.1. The first-order valence-corrected chi connectivity index (χ1v) is 8.05. The van der Waals surface area contributed by atoms with Crippen molar-refractivity contribution in [2.75, 3.05) is 13.6 Å². The summed E-state index contributed by atoms with van der Waals surface area (Å²) in [4.78, 5) is 30.5. The van der Waals surface area contributed by atoms with E-state index in [0.29, 0.717) is 17.6 Å². The van der Waals surface area contributed by atoms with Crippen molar-refractivity contribution in [1.82, 2.24) is 15.2 Å². The molecule has 2 amide bonds. The number of rotatable bonds is 5. The predicted octanol–water partition coefficient (Wildman–Crippen LogP) is 2.62. The minimum atomic E-state index is -0.300. The van der Waals surface area contributed by atoms with Gasteiger partial charge in [0, 0.05) is 25.2 Å². The first kappa shape index (κ1) is 16.6. The van der Waals surface area contributed by atoms with Gasteiger partial charge in [-0.2, -0.15) is 0 Å². The van der Waals surface area contributed by atoms with Gasteiger partial charge in [0.25, 0.3) is 5.91 Å². The van der Waals surface area contributed by atoms with Crippen LogP contribution < -0.4 is 5.32 Å². The number of hydrogen-bond donors (Lipinski definition) is 1. The van der Waals surface area contributed by atoms with Gasteiger partial charge in [0.05, 0.1) is 17.6 Å². The molecule has 0 spiro atoms. The van der Waals surface area contributed by atoms with Crippen LogP contribution in [0.25, 0.3) is 10.9 Å². The van der Waals surface area contributed by atoms with Gasteiger partial charge in [-0.25, -0.2) is 0 Å². The van der Waals surface area contributed by atoms with Crippen molar-refractivity contribution in [2.45, 2.75) is 6.54 Å². The lowest BCUT2D eigenvalue weighted by molar-refractivity contribution is -0.129. The minimum absolute atomic E-state index is 0.0502. The van der Waals surface area contributed by atoms with E-state index in [4.69, 9.17) is 0 Å². The number of para-hydroxylation sites is 1. The summed E-state index contributed by atoms with van der Waals surface area (Å²) in [6.45, 7) is 0.455. The van der Waals surface area contributed by atoms with E-state index in [2.05, 4.69) is 10.3 Å². The van der Waals surface area contributed by atoms with Gasteiger partial charge in [0.2, 0.25) is 5.91 Å². The first-order chi connectivity index (χ1) is 12.1. The highest BCUT2D eigenvalue weighted by Crippen LogP contribution is 2.15. The molecule has 0 aliphatic heterocycles. The molecular weight excluding hydrogens is 314 g/mol. The number of nitrogens with zero attached hydrogens (tertiary/aromatic N) is 2. The van der Waals surface area contributed by atoms with E-state index in [1.165, 1.54) is 0 Å². The Hall–Kier alpha value is -3.21. The molecule has 0 bridgehead atoms. The molecule has 1 aromatic heterocycles. The number of carbonyl (C=O) groups is 2.